The molecule has 2 atom stereocenters. The number of ether oxygens (including phenoxy) is 1. The van der Waals surface area contributed by atoms with E-state index in [1.54, 1.807) is 7.11 Å². The number of methoxy groups -OCH3 is 1. The maximum atomic E-state index is 11.5. The summed E-state index contributed by atoms with van der Waals surface area (Å²) in [5, 5.41) is 9.31. The number of hydrogen-bond donors (Lipinski definition) is 2. The second-order valence-corrected chi connectivity index (χ2v) is 6.27. The lowest BCUT2D eigenvalue weighted by Crippen LogP contribution is -2.31. The summed E-state index contributed by atoms with van der Waals surface area (Å²) in [6.45, 7) is 0.912. The van der Waals surface area contributed by atoms with E-state index in [1.165, 1.54) is 0 Å². The molecule has 16 heavy (non-hydrogen) atoms. The fourth-order valence-electron chi connectivity index (χ4n) is 1.94. The number of aliphatic hydroxyl groups is 1. The fraction of sp³-hybridized carbons (Fsp3) is 1.00. The molecule has 2 unspecified atom stereocenters. The summed E-state index contributed by atoms with van der Waals surface area (Å²) in [6.07, 6.45) is 2.67. The molecule has 1 aliphatic carbocycles. The normalized spacial score (nSPS) is 26.1. The van der Waals surface area contributed by atoms with Crippen molar-refractivity contribution in [1.82, 2.24) is 4.72 Å². The molecule has 0 aliphatic heterocycles. The molecule has 0 heterocycles. The second kappa shape index (κ2) is 6.54. The maximum Gasteiger partial charge on any atom is 0.211 e. The van der Waals surface area contributed by atoms with Crippen molar-refractivity contribution in [1.29, 1.82) is 0 Å². The third-order valence-electron chi connectivity index (χ3n) is 2.87. The van der Waals surface area contributed by atoms with Gasteiger partial charge in [0.25, 0.3) is 0 Å². The van der Waals surface area contributed by atoms with Gasteiger partial charge >= 0.3 is 0 Å². The molecular formula is C10H21NO4S. The van der Waals surface area contributed by atoms with E-state index in [2.05, 4.69) is 4.72 Å². The predicted octanol–water partition coefficient (Wildman–Crippen LogP) is 0.103. The number of sulfonamides is 1. The van der Waals surface area contributed by atoms with Crippen LogP contribution in [0.3, 0.4) is 0 Å². The number of nitrogens with one attached hydrogen (secondary N) is 1. The molecule has 6 heteroatoms. The minimum Gasteiger partial charge on any atom is -0.393 e. The molecule has 0 aromatic heterocycles. The first-order valence-electron chi connectivity index (χ1n) is 5.68. The van der Waals surface area contributed by atoms with Crippen LogP contribution in [0.5, 0.6) is 0 Å². The van der Waals surface area contributed by atoms with Gasteiger partial charge in [-0.25, -0.2) is 13.1 Å². The van der Waals surface area contributed by atoms with E-state index >= 15 is 0 Å². The van der Waals surface area contributed by atoms with Gasteiger partial charge in [-0.1, -0.05) is 0 Å². The Labute approximate surface area is 97.2 Å². The summed E-state index contributed by atoms with van der Waals surface area (Å²) in [5.41, 5.74) is 0. The predicted molar refractivity (Wildman–Crippen MR) is 61.6 cm³/mol. The van der Waals surface area contributed by atoms with Crippen molar-refractivity contribution in [2.75, 3.05) is 26.0 Å². The highest BCUT2D eigenvalue weighted by molar-refractivity contribution is 7.89. The van der Waals surface area contributed by atoms with E-state index in [0.29, 0.717) is 26.0 Å². The third-order valence-corrected chi connectivity index (χ3v) is 4.30. The Kier molecular flexibility index (Phi) is 5.68. The van der Waals surface area contributed by atoms with Crippen LogP contribution in [0.25, 0.3) is 0 Å². The average Bonchev–Trinajstić information content (AvgIpc) is 2.62. The topological polar surface area (TPSA) is 75.6 Å². The Morgan fingerprint density at radius 2 is 2.19 bits per heavy atom. The highest BCUT2D eigenvalue weighted by atomic mass is 32.2. The Balaban J connectivity index is 2.20. The lowest BCUT2D eigenvalue weighted by atomic mass is 10.1. The average molecular weight is 251 g/mol. The van der Waals surface area contributed by atoms with Crippen LogP contribution in [0.2, 0.25) is 0 Å². The second-order valence-electron chi connectivity index (χ2n) is 4.35. The molecule has 1 rings (SSSR count). The zero-order valence-electron chi connectivity index (χ0n) is 9.68. The van der Waals surface area contributed by atoms with Gasteiger partial charge in [0.05, 0.1) is 11.9 Å². The van der Waals surface area contributed by atoms with Crippen molar-refractivity contribution in [3.8, 4) is 0 Å². The number of aliphatic hydroxyl groups excluding tert-OH is 1. The molecule has 1 saturated carbocycles. The summed E-state index contributed by atoms with van der Waals surface area (Å²) in [6, 6.07) is 0. The molecule has 5 nitrogen and oxygen atoms in total. The van der Waals surface area contributed by atoms with Crippen molar-refractivity contribution in [3.05, 3.63) is 0 Å². The van der Waals surface area contributed by atoms with E-state index in [-0.39, 0.29) is 17.8 Å². The van der Waals surface area contributed by atoms with Crippen LogP contribution in [0, 0.1) is 5.92 Å². The smallest absolute Gasteiger partial charge is 0.211 e. The minimum atomic E-state index is -3.17. The van der Waals surface area contributed by atoms with E-state index in [1.807, 2.05) is 0 Å². The SMILES string of the molecule is COCCCS(=O)(=O)NCC1CCC(O)C1. The Hall–Kier alpha value is -0.170. The fourth-order valence-corrected chi connectivity index (χ4v) is 3.08. The van der Waals surface area contributed by atoms with E-state index in [9.17, 15) is 13.5 Å². The van der Waals surface area contributed by atoms with E-state index in [0.717, 1.165) is 12.8 Å². The van der Waals surface area contributed by atoms with Crippen LogP contribution in [0.15, 0.2) is 0 Å². The number of hydrogen-bond acceptors (Lipinski definition) is 4. The van der Waals surface area contributed by atoms with Crippen molar-refractivity contribution in [2.45, 2.75) is 31.8 Å². The first-order chi connectivity index (χ1) is 7.53. The zero-order chi connectivity index (χ0) is 12.0. The van der Waals surface area contributed by atoms with E-state index < -0.39 is 10.0 Å². The zero-order valence-corrected chi connectivity index (χ0v) is 10.5. The monoisotopic (exact) mass is 251 g/mol. The highest BCUT2D eigenvalue weighted by Crippen LogP contribution is 2.24. The van der Waals surface area contributed by atoms with Crippen LogP contribution >= 0.6 is 0 Å². The minimum absolute atomic E-state index is 0.107. The van der Waals surface area contributed by atoms with Gasteiger partial charge in [0.1, 0.15) is 0 Å². The molecule has 96 valence electrons. The molecule has 1 aliphatic rings. The van der Waals surface area contributed by atoms with E-state index in [4.69, 9.17) is 4.74 Å². The summed E-state index contributed by atoms with van der Waals surface area (Å²) < 4.78 is 30.4. The van der Waals surface area contributed by atoms with Crippen molar-refractivity contribution < 1.29 is 18.3 Å². The molecular weight excluding hydrogens is 230 g/mol. The first kappa shape index (κ1) is 13.9. The standard InChI is InChI=1S/C10H21NO4S/c1-15-5-2-6-16(13,14)11-8-9-3-4-10(12)7-9/h9-12H,2-8H2,1H3. The Morgan fingerprint density at radius 3 is 2.75 bits per heavy atom. The highest BCUT2D eigenvalue weighted by Gasteiger charge is 2.23. The molecule has 2 N–H and O–H groups in total. The molecule has 1 fully saturated rings. The molecule has 0 saturated heterocycles. The third kappa shape index (κ3) is 5.25. The summed E-state index contributed by atoms with van der Waals surface area (Å²) in [5.74, 6) is 0.392. The summed E-state index contributed by atoms with van der Waals surface area (Å²) >= 11 is 0. The first-order valence-corrected chi connectivity index (χ1v) is 7.33. The van der Waals surface area contributed by atoms with Gasteiger partial charge in [0, 0.05) is 20.3 Å². The molecule has 0 spiro atoms. The van der Waals surface area contributed by atoms with Gasteiger partial charge in [-0.05, 0) is 31.6 Å². The van der Waals surface area contributed by atoms with Crippen molar-refractivity contribution >= 4 is 10.0 Å². The molecule has 0 radical (unpaired) electrons. The number of rotatable bonds is 7. The van der Waals surface area contributed by atoms with Crippen LogP contribution in [0.4, 0.5) is 0 Å². The Morgan fingerprint density at radius 1 is 1.44 bits per heavy atom. The summed E-state index contributed by atoms with van der Waals surface area (Å²) in [4.78, 5) is 0. The van der Waals surface area contributed by atoms with Gasteiger partial charge in [0.2, 0.25) is 10.0 Å². The van der Waals surface area contributed by atoms with Crippen LogP contribution < -0.4 is 4.72 Å². The lowest BCUT2D eigenvalue weighted by Gasteiger charge is -2.11. The van der Waals surface area contributed by atoms with Crippen LogP contribution in [-0.2, 0) is 14.8 Å². The molecule has 0 amide bonds. The molecule has 0 aromatic rings. The van der Waals surface area contributed by atoms with Gasteiger partial charge in [-0.2, -0.15) is 0 Å². The largest absolute Gasteiger partial charge is 0.393 e. The van der Waals surface area contributed by atoms with Crippen LogP contribution in [0.1, 0.15) is 25.7 Å². The van der Waals surface area contributed by atoms with Gasteiger partial charge < -0.3 is 9.84 Å². The van der Waals surface area contributed by atoms with Gasteiger partial charge in [0.15, 0.2) is 0 Å². The van der Waals surface area contributed by atoms with Gasteiger partial charge in [-0.15, -0.1) is 0 Å². The van der Waals surface area contributed by atoms with Crippen LogP contribution in [-0.4, -0.2) is 45.6 Å². The maximum absolute atomic E-state index is 11.5. The molecule has 0 aromatic carbocycles. The lowest BCUT2D eigenvalue weighted by molar-refractivity contribution is 0.178. The van der Waals surface area contributed by atoms with Crippen molar-refractivity contribution in [2.24, 2.45) is 5.92 Å². The molecule has 0 bridgehead atoms. The quantitative estimate of drug-likeness (QED) is 0.629. The van der Waals surface area contributed by atoms with Crippen molar-refractivity contribution in [3.63, 3.8) is 0 Å². The Bertz CT molecular complexity index is 291. The summed E-state index contributed by atoms with van der Waals surface area (Å²) in [7, 11) is -1.61. The van der Waals surface area contributed by atoms with Gasteiger partial charge in [-0.3, -0.25) is 0 Å².